The number of carbonyl (C=O) groups excluding carboxylic acids is 2. The Kier molecular flexibility index (Phi) is 6.65. The summed E-state index contributed by atoms with van der Waals surface area (Å²) in [6, 6.07) is 2.99. The number of anilines is 1. The van der Waals surface area contributed by atoms with Crippen molar-refractivity contribution in [2.45, 2.75) is 44.7 Å². The van der Waals surface area contributed by atoms with Gasteiger partial charge in [-0.25, -0.2) is 4.39 Å². The third kappa shape index (κ3) is 4.10. The summed E-state index contributed by atoms with van der Waals surface area (Å²) in [5, 5.41) is 5.95. The highest BCUT2D eigenvalue weighted by Gasteiger charge is 2.38. The SMILES string of the molecule is Cl.O=C(Nc1ccc2c(c1F)CCNC2)C1CSCN1C(=O)C1CCCC1. The summed E-state index contributed by atoms with van der Waals surface area (Å²) in [6.45, 7) is 1.40. The van der Waals surface area contributed by atoms with Crippen molar-refractivity contribution in [1.82, 2.24) is 10.2 Å². The zero-order valence-electron chi connectivity index (χ0n) is 15.1. The molecule has 1 aliphatic carbocycles. The Labute approximate surface area is 169 Å². The Balaban J connectivity index is 0.00000210. The van der Waals surface area contributed by atoms with Crippen molar-refractivity contribution in [2.24, 2.45) is 5.92 Å². The van der Waals surface area contributed by atoms with Crippen LogP contribution in [-0.2, 0) is 22.6 Å². The minimum atomic E-state index is -0.509. The molecule has 27 heavy (non-hydrogen) atoms. The molecule has 1 atom stereocenters. The number of fused-ring (bicyclic) bond motifs is 1. The summed E-state index contributed by atoms with van der Waals surface area (Å²) in [4.78, 5) is 27.2. The quantitative estimate of drug-likeness (QED) is 0.799. The van der Waals surface area contributed by atoms with Gasteiger partial charge in [0.2, 0.25) is 11.8 Å². The van der Waals surface area contributed by atoms with E-state index in [-0.39, 0.29) is 41.6 Å². The van der Waals surface area contributed by atoms with Gasteiger partial charge in [0, 0.05) is 18.2 Å². The lowest BCUT2D eigenvalue weighted by atomic mass is 9.99. The molecule has 2 fully saturated rings. The number of carbonyl (C=O) groups is 2. The lowest BCUT2D eigenvalue weighted by Crippen LogP contribution is -2.46. The summed E-state index contributed by atoms with van der Waals surface area (Å²) in [5.41, 5.74) is 1.85. The molecule has 5 nitrogen and oxygen atoms in total. The molecule has 1 saturated heterocycles. The number of benzene rings is 1. The molecule has 1 saturated carbocycles. The maximum atomic E-state index is 14.8. The van der Waals surface area contributed by atoms with Crippen LogP contribution in [0.1, 0.15) is 36.8 Å². The van der Waals surface area contributed by atoms with Crippen LogP contribution in [0.4, 0.5) is 10.1 Å². The monoisotopic (exact) mass is 413 g/mol. The number of halogens is 2. The highest BCUT2D eigenvalue weighted by Crippen LogP contribution is 2.31. The number of rotatable bonds is 3. The summed E-state index contributed by atoms with van der Waals surface area (Å²) in [7, 11) is 0. The van der Waals surface area contributed by atoms with Gasteiger partial charge in [0.1, 0.15) is 11.9 Å². The molecule has 0 spiro atoms. The Morgan fingerprint density at radius 1 is 1.26 bits per heavy atom. The van der Waals surface area contributed by atoms with Gasteiger partial charge in [0.15, 0.2) is 0 Å². The van der Waals surface area contributed by atoms with Crippen LogP contribution in [0, 0.1) is 11.7 Å². The first-order valence-electron chi connectivity index (χ1n) is 9.35. The maximum absolute atomic E-state index is 14.8. The predicted molar refractivity (Wildman–Crippen MR) is 108 cm³/mol. The molecule has 2 heterocycles. The molecule has 0 bridgehead atoms. The number of thioether (sulfide) groups is 1. The molecule has 0 aromatic heterocycles. The zero-order chi connectivity index (χ0) is 18.1. The van der Waals surface area contributed by atoms with Crippen molar-refractivity contribution in [2.75, 3.05) is 23.5 Å². The highest BCUT2D eigenvalue weighted by molar-refractivity contribution is 7.99. The van der Waals surface area contributed by atoms with Crippen LogP contribution < -0.4 is 10.6 Å². The third-order valence-corrected chi connectivity index (χ3v) is 6.65. The van der Waals surface area contributed by atoms with E-state index < -0.39 is 6.04 Å². The molecule has 8 heteroatoms. The van der Waals surface area contributed by atoms with Crippen molar-refractivity contribution < 1.29 is 14.0 Å². The first kappa shape index (κ1) is 20.4. The van der Waals surface area contributed by atoms with Crippen LogP contribution in [0.3, 0.4) is 0 Å². The second-order valence-electron chi connectivity index (χ2n) is 7.29. The van der Waals surface area contributed by atoms with E-state index in [0.717, 1.165) is 37.8 Å². The number of amides is 2. The fourth-order valence-electron chi connectivity index (χ4n) is 4.13. The summed E-state index contributed by atoms with van der Waals surface area (Å²) in [5.74, 6) is 0.638. The number of nitrogens with zero attached hydrogens (tertiary/aromatic N) is 1. The lowest BCUT2D eigenvalue weighted by molar-refractivity contribution is -0.139. The number of hydrogen-bond acceptors (Lipinski definition) is 4. The van der Waals surface area contributed by atoms with E-state index in [1.807, 2.05) is 6.07 Å². The predicted octanol–water partition coefficient (Wildman–Crippen LogP) is 2.92. The highest BCUT2D eigenvalue weighted by atomic mass is 35.5. The van der Waals surface area contributed by atoms with Crippen molar-refractivity contribution >= 4 is 41.7 Å². The molecule has 1 aromatic rings. The Hall–Kier alpha value is -1.31. The van der Waals surface area contributed by atoms with Crippen LogP contribution in [-0.4, -0.2) is 40.9 Å². The van der Waals surface area contributed by atoms with Crippen molar-refractivity contribution in [3.05, 3.63) is 29.1 Å². The Bertz CT molecular complexity index is 727. The van der Waals surface area contributed by atoms with Crippen LogP contribution in [0.5, 0.6) is 0 Å². The van der Waals surface area contributed by atoms with Crippen molar-refractivity contribution in [1.29, 1.82) is 0 Å². The Morgan fingerprint density at radius 2 is 2.04 bits per heavy atom. The number of hydrogen-bond donors (Lipinski definition) is 2. The molecule has 2 amide bonds. The van der Waals surface area contributed by atoms with Crippen molar-refractivity contribution in [3.8, 4) is 0 Å². The topological polar surface area (TPSA) is 61.4 Å². The lowest BCUT2D eigenvalue weighted by Gasteiger charge is -2.26. The van der Waals surface area contributed by atoms with Gasteiger partial charge in [0.05, 0.1) is 11.6 Å². The van der Waals surface area contributed by atoms with Crippen LogP contribution >= 0.6 is 24.2 Å². The molecule has 2 N–H and O–H groups in total. The molecule has 3 aliphatic rings. The van der Waals surface area contributed by atoms with Gasteiger partial charge in [-0.3, -0.25) is 9.59 Å². The van der Waals surface area contributed by atoms with Gasteiger partial charge in [-0.1, -0.05) is 18.9 Å². The average Bonchev–Trinajstić information content (AvgIpc) is 3.35. The van der Waals surface area contributed by atoms with Gasteiger partial charge >= 0.3 is 0 Å². The van der Waals surface area contributed by atoms with Crippen LogP contribution in [0.25, 0.3) is 0 Å². The maximum Gasteiger partial charge on any atom is 0.248 e. The van der Waals surface area contributed by atoms with Crippen molar-refractivity contribution in [3.63, 3.8) is 0 Å². The normalized spacial score (nSPS) is 22.3. The van der Waals surface area contributed by atoms with E-state index >= 15 is 0 Å². The minimum Gasteiger partial charge on any atom is -0.322 e. The van der Waals surface area contributed by atoms with Gasteiger partial charge in [-0.2, -0.15) is 0 Å². The smallest absolute Gasteiger partial charge is 0.248 e. The fourth-order valence-corrected chi connectivity index (χ4v) is 5.29. The molecular formula is C19H25ClFN3O2S. The molecule has 148 valence electrons. The summed E-state index contributed by atoms with van der Waals surface area (Å²) >= 11 is 1.59. The first-order valence-corrected chi connectivity index (χ1v) is 10.5. The number of nitrogens with one attached hydrogen (secondary N) is 2. The largest absolute Gasteiger partial charge is 0.322 e. The second-order valence-corrected chi connectivity index (χ2v) is 8.29. The minimum absolute atomic E-state index is 0. The van der Waals surface area contributed by atoms with Crippen LogP contribution in [0.15, 0.2) is 12.1 Å². The van der Waals surface area contributed by atoms with E-state index in [4.69, 9.17) is 0 Å². The standard InChI is InChI=1S/C19H24FN3O2S.ClH/c20-17-14-7-8-21-9-13(14)5-6-15(17)22-18(24)16-10-26-11-23(16)19(25)12-3-1-2-4-12;/h5-6,12,16,21H,1-4,7-11H2,(H,22,24);1H. The van der Waals surface area contributed by atoms with E-state index in [1.165, 1.54) is 0 Å². The van der Waals surface area contributed by atoms with Crippen LogP contribution in [0.2, 0.25) is 0 Å². The van der Waals surface area contributed by atoms with E-state index in [0.29, 0.717) is 30.2 Å². The summed E-state index contributed by atoms with van der Waals surface area (Å²) in [6.07, 6.45) is 4.63. The molecule has 1 aromatic carbocycles. The molecule has 2 aliphatic heterocycles. The van der Waals surface area contributed by atoms with E-state index in [2.05, 4.69) is 10.6 Å². The second kappa shape index (κ2) is 8.80. The molecule has 4 rings (SSSR count). The Morgan fingerprint density at radius 3 is 2.81 bits per heavy atom. The van der Waals surface area contributed by atoms with Gasteiger partial charge in [-0.05, 0) is 43.0 Å². The molecule has 1 unspecified atom stereocenters. The summed E-state index contributed by atoms with van der Waals surface area (Å²) < 4.78 is 14.8. The van der Waals surface area contributed by atoms with Gasteiger partial charge in [-0.15, -0.1) is 24.2 Å². The average molecular weight is 414 g/mol. The molecular weight excluding hydrogens is 389 g/mol. The zero-order valence-corrected chi connectivity index (χ0v) is 16.8. The fraction of sp³-hybridized carbons (Fsp3) is 0.579. The van der Waals surface area contributed by atoms with E-state index in [9.17, 15) is 14.0 Å². The van der Waals surface area contributed by atoms with Gasteiger partial charge in [0.25, 0.3) is 0 Å². The van der Waals surface area contributed by atoms with E-state index in [1.54, 1.807) is 22.7 Å². The first-order chi connectivity index (χ1) is 12.6. The van der Waals surface area contributed by atoms with Gasteiger partial charge < -0.3 is 15.5 Å². The third-order valence-electron chi connectivity index (χ3n) is 5.64. The molecule has 0 radical (unpaired) electrons.